The third-order valence-corrected chi connectivity index (χ3v) is 4.95. The third kappa shape index (κ3) is 4.43. The molecule has 0 fully saturated rings. The lowest BCUT2D eigenvalue weighted by molar-refractivity contribution is 0.601. The number of fused-ring (bicyclic) bond motifs is 1. The monoisotopic (exact) mass is 444 g/mol. The Labute approximate surface area is 178 Å². The van der Waals surface area contributed by atoms with Gasteiger partial charge < -0.3 is 16.4 Å². The van der Waals surface area contributed by atoms with Crippen molar-refractivity contribution in [2.24, 2.45) is 0 Å². The highest BCUT2D eigenvalue weighted by Gasteiger charge is 2.10. The second kappa shape index (κ2) is 8.53. The summed E-state index contributed by atoms with van der Waals surface area (Å²) in [6.07, 6.45) is 1.47. The summed E-state index contributed by atoms with van der Waals surface area (Å²) in [6, 6.07) is 12.8. The summed E-state index contributed by atoms with van der Waals surface area (Å²) in [4.78, 5) is 8.63. The zero-order valence-corrected chi connectivity index (χ0v) is 17.0. The Kier molecular flexibility index (Phi) is 5.65. The van der Waals surface area contributed by atoms with E-state index in [0.29, 0.717) is 28.3 Å². The molecule has 0 unspecified atom stereocenters. The molecule has 2 aromatic carbocycles. The Morgan fingerprint density at radius 3 is 2.80 bits per heavy atom. The zero-order valence-electron chi connectivity index (χ0n) is 15.4. The topological polar surface area (TPSA) is 151 Å². The summed E-state index contributed by atoms with van der Waals surface area (Å²) in [5, 5.41) is 14.2. The van der Waals surface area contributed by atoms with Crippen molar-refractivity contribution in [3.8, 4) is 0 Å². The molecule has 0 saturated heterocycles. The standard InChI is InChI=1S/C18H17ClN8O2S/c19-13-9-21-18(23-11-5-6-12-15(7-11)26-27-16(12)20)25-17(13)24-14-4-2-1-3-10(14)8-22-30(28)29/h1-7,9,30H,8H2,(H3,20,26,27)(H,22,28,29)(H2,21,23,24,25). The Morgan fingerprint density at radius 2 is 1.97 bits per heavy atom. The maximum absolute atomic E-state index is 10.8. The second-order valence-corrected chi connectivity index (χ2v) is 7.50. The fourth-order valence-corrected chi connectivity index (χ4v) is 3.27. The first-order valence-corrected chi connectivity index (χ1v) is 10.3. The van der Waals surface area contributed by atoms with Crippen molar-refractivity contribution in [3.63, 3.8) is 0 Å². The highest BCUT2D eigenvalue weighted by atomic mass is 35.5. The van der Waals surface area contributed by atoms with Crippen molar-refractivity contribution in [2.45, 2.75) is 6.54 Å². The van der Waals surface area contributed by atoms with E-state index in [1.54, 1.807) is 12.1 Å². The lowest BCUT2D eigenvalue weighted by Gasteiger charge is -2.13. The molecule has 0 aliphatic heterocycles. The van der Waals surface area contributed by atoms with Crippen molar-refractivity contribution >= 4 is 62.4 Å². The van der Waals surface area contributed by atoms with Crippen LogP contribution in [0, 0.1) is 0 Å². The molecule has 30 heavy (non-hydrogen) atoms. The molecule has 0 radical (unpaired) electrons. The van der Waals surface area contributed by atoms with E-state index in [1.807, 2.05) is 30.3 Å². The number of nitrogens with two attached hydrogens (primary N) is 1. The van der Waals surface area contributed by atoms with E-state index >= 15 is 0 Å². The highest BCUT2D eigenvalue weighted by Crippen LogP contribution is 2.28. The summed E-state index contributed by atoms with van der Waals surface area (Å²) in [7, 11) is -2.70. The Morgan fingerprint density at radius 1 is 1.13 bits per heavy atom. The number of H-pyrrole nitrogens is 1. The first-order chi connectivity index (χ1) is 14.5. The molecule has 0 spiro atoms. The molecular weight excluding hydrogens is 428 g/mol. The molecule has 2 heterocycles. The molecule has 12 heteroatoms. The number of aromatic amines is 1. The Hall–Kier alpha value is -3.41. The number of nitrogens with zero attached hydrogens (tertiary/aromatic N) is 3. The molecule has 154 valence electrons. The highest BCUT2D eigenvalue weighted by molar-refractivity contribution is 7.70. The minimum absolute atomic E-state index is 0.142. The van der Waals surface area contributed by atoms with E-state index in [2.05, 4.69) is 35.5 Å². The van der Waals surface area contributed by atoms with E-state index in [4.69, 9.17) is 17.3 Å². The number of hydrogen-bond acceptors (Lipinski definition) is 8. The summed E-state index contributed by atoms with van der Waals surface area (Å²) >= 11 is 6.25. The number of thiol groups is 1. The molecule has 0 aliphatic carbocycles. The normalized spacial score (nSPS) is 11.1. The van der Waals surface area contributed by atoms with Gasteiger partial charge in [0.15, 0.2) is 11.6 Å². The Balaban J connectivity index is 1.57. The van der Waals surface area contributed by atoms with Crippen LogP contribution < -0.4 is 21.1 Å². The van der Waals surface area contributed by atoms with Crippen LogP contribution >= 0.6 is 11.6 Å². The van der Waals surface area contributed by atoms with Crippen LogP contribution in [0.3, 0.4) is 0 Å². The first-order valence-electron chi connectivity index (χ1n) is 8.75. The largest absolute Gasteiger partial charge is 0.382 e. The average molecular weight is 445 g/mol. The van der Waals surface area contributed by atoms with Gasteiger partial charge in [-0.25, -0.2) is 18.1 Å². The van der Waals surface area contributed by atoms with Crippen LogP contribution in [0.25, 0.3) is 10.9 Å². The lowest BCUT2D eigenvalue weighted by Crippen LogP contribution is -2.12. The first kappa shape index (κ1) is 19.9. The predicted molar refractivity (Wildman–Crippen MR) is 118 cm³/mol. The van der Waals surface area contributed by atoms with Gasteiger partial charge >= 0.3 is 0 Å². The van der Waals surface area contributed by atoms with Gasteiger partial charge in [-0.2, -0.15) is 10.1 Å². The van der Waals surface area contributed by atoms with E-state index in [-0.39, 0.29) is 6.54 Å². The van der Waals surface area contributed by atoms with Crippen molar-refractivity contribution < 1.29 is 8.42 Å². The molecule has 6 N–H and O–H groups in total. The molecule has 2 aromatic heterocycles. The molecular formula is C18H17ClN8O2S. The number of nitrogen functional groups attached to an aromatic ring is 1. The van der Waals surface area contributed by atoms with Gasteiger partial charge in [0, 0.05) is 23.3 Å². The zero-order chi connectivity index (χ0) is 21.1. The molecule has 10 nitrogen and oxygen atoms in total. The van der Waals surface area contributed by atoms with Crippen molar-refractivity contribution in [2.75, 3.05) is 16.4 Å². The minimum atomic E-state index is -2.70. The van der Waals surface area contributed by atoms with Crippen molar-refractivity contribution in [1.82, 2.24) is 24.9 Å². The van der Waals surface area contributed by atoms with Gasteiger partial charge in [0.1, 0.15) is 5.02 Å². The van der Waals surface area contributed by atoms with Gasteiger partial charge in [-0.1, -0.05) is 29.8 Å². The number of nitrogens with one attached hydrogen (secondary N) is 4. The fourth-order valence-electron chi connectivity index (χ4n) is 2.84. The Bertz CT molecular complexity index is 1280. The van der Waals surface area contributed by atoms with E-state index in [0.717, 1.165) is 22.2 Å². The third-order valence-electron chi connectivity index (χ3n) is 4.26. The molecule has 0 saturated carbocycles. The maximum Gasteiger partial charge on any atom is 0.229 e. The average Bonchev–Trinajstić information content (AvgIpc) is 3.10. The maximum atomic E-state index is 10.8. The lowest BCUT2D eigenvalue weighted by atomic mass is 10.2. The molecule has 0 bridgehead atoms. The summed E-state index contributed by atoms with van der Waals surface area (Å²) in [6.45, 7) is 0.142. The molecule has 0 aliphatic rings. The van der Waals surface area contributed by atoms with Gasteiger partial charge in [0.25, 0.3) is 0 Å². The number of benzene rings is 2. The minimum Gasteiger partial charge on any atom is -0.382 e. The van der Waals surface area contributed by atoms with E-state index in [9.17, 15) is 8.42 Å². The molecule has 0 amide bonds. The van der Waals surface area contributed by atoms with Gasteiger partial charge in [0.2, 0.25) is 16.8 Å². The number of aromatic nitrogens is 4. The molecule has 0 atom stereocenters. The van der Waals surface area contributed by atoms with Crippen molar-refractivity contribution in [1.29, 1.82) is 0 Å². The van der Waals surface area contributed by atoms with Crippen LogP contribution in [0.5, 0.6) is 0 Å². The SMILES string of the molecule is Nc1n[nH]c2cc(Nc3ncc(Cl)c(Nc4ccccc4CN[SH](=O)=O)n3)ccc12. The number of rotatable bonds is 7. The van der Waals surface area contributed by atoms with Gasteiger partial charge in [-0.3, -0.25) is 5.10 Å². The van der Waals surface area contributed by atoms with Gasteiger partial charge in [-0.05, 0) is 29.8 Å². The van der Waals surface area contributed by atoms with Crippen molar-refractivity contribution in [3.05, 3.63) is 59.2 Å². The van der Waals surface area contributed by atoms with Crippen LogP contribution in [0.4, 0.5) is 29.0 Å². The molecule has 4 rings (SSSR count). The number of halogens is 1. The predicted octanol–water partition coefficient (Wildman–Crippen LogP) is 2.69. The van der Waals surface area contributed by atoms with Crippen LogP contribution in [0.2, 0.25) is 5.02 Å². The number of para-hydroxylation sites is 1. The summed E-state index contributed by atoms with van der Waals surface area (Å²) in [5.41, 5.74) is 8.72. The van der Waals surface area contributed by atoms with Crippen LogP contribution in [0.1, 0.15) is 5.56 Å². The number of hydrogen-bond donors (Lipinski definition) is 6. The summed E-state index contributed by atoms with van der Waals surface area (Å²) in [5.74, 6) is 1.13. The van der Waals surface area contributed by atoms with Gasteiger partial charge in [0.05, 0.1) is 11.7 Å². The van der Waals surface area contributed by atoms with Crippen LogP contribution in [0.15, 0.2) is 48.7 Å². The van der Waals surface area contributed by atoms with Gasteiger partial charge in [-0.15, -0.1) is 0 Å². The van der Waals surface area contributed by atoms with E-state index in [1.165, 1.54) is 6.20 Å². The van der Waals surface area contributed by atoms with Crippen LogP contribution in [-0.2, 0) is 17.4 Å². The summed E-state index contributed by atoms with van der Waals surface area (Å²) < 4.78 is 24.1. The quantitative estimate of drug-likeness (QED) is 0.238. The van der Waals surface area contributed by atoms with Crippen LogP contribution in [-0.4, -0.2) is 28.6 Å². The smallest absolute Gasteiger partial charge is 0.229 e. The fraction of sp³-hybridized carbons (Fsp3) is 0.0556. The number of anilines is 5. The second-order valence-electron chi connectivity index (χ2n) is 6.26. The van der Waals surface area contributed by atoms with E-state index < -0.39 is 10.9 Å². The molecule has 4 aromatic rings.